The number of carbonyl (C=O) groups excluding carboxylic acids is 1. The quantitative estimate of drug-likeness (QED) is 0.634. The monoisotopic (exact) mass is 211 g/mol. The highest BCUT2D eigenvalue weighted by atomic mass is 16.2. The Bertz CT molecular complexity index is 234. The summed E-state index contributed by atoms with van der Waals surface area (Å²) in [5.74, 6) is 0. The summed E-state index contributed by atoms with van der Waals surface area (Å²) in [5, 5.41) is 5.94. The minimum atomic E-state index is 0.00277. The molecule has 2 aliphatic carbocycles. The van der Waals surface area contributed by atoms with Gasteiger partial charge in [0.2, 0.25) is 0 Å². The highest BCUT2D eigenvalue weighted by molar-refractivity contribution is 5.74. The number of hydrogen-bond donors (Lipinski definition) is 3. The maximum Gasteiger partial charge on any atom is 0.315 e. The van der Waals surface area contributed by atoms with E-state index in [0.29, 0.717) is 11.5 Å². The summed E-state index contributed by atoms with van der Waals surface area (Å²) in [6, 6.07) is 0.428. The van der Waals surface area contributed by atoms with Gasteiger partial charge >= 0.3 is 6.03 Å². The first-order chi connectivity index (χ1) is 7.24. The molecule has 0 atom stereocenters. The highest BCUT2D eigenvalue weighted by Crippen LogP contribution is 2.47. The maximum absolute atomic E-state index is 11.5. The van der Waals surface area contributed by atoms with Crippen LogP contribution in [0.3, 0.4) is 0 Å². The molecular formula is C11H21N3O. The van der Waals surface area contributed by atoms with Crippen molar-refractivity contribution >= 4 is 6.03 Å². The van der Waals surface area contributed by atoms with Crippen molar-refractivity contribution in [1.29, 1.82) is 0 Å². The first-order valence-corrected chi connectivity index (χ1v) is 5.99. The van der Waals surface area contributed by atoms with E-state index in [1.165, 1.54) is 19.3 Å². The fourth-order valence-corrected chi connectivity index (χ4v) is 2.05. The number of hydrogen-bond acceptors (Lipinski definition) is 2. The van der Waals surface area contributed by atoms with E-state index in [2.05, 4.69) is 10.6 Å². The second-order valence-electron chi connectivity index (χ2n) is 4.99. The summed E-state index contributed by atoms with van der Waals surface area (Å²) in [5.41, 5.74) is 5.88. The topological polar surface area (TPSA) is 67.1 Å². The van der Waals surface area contributed by atoms with Crippen molar-refractivity contribution in [1.82, 2.24) is 10.6 Å². The number of urea groups is 1. The molecule has 4 nitrogen and oxygen atoms in total. The average Bonchev–Trinajstić information content (AvgIpc) is 2.90. The fraction of sp³-hybridized carbons (Fsp3) is 0.909. The Morgan fingerprint density at radius 1 is 1.40 bits per heavy atom. The van der Waals surface area contributed by atoms with Gasteiger partial charge in [0, 0.05) is 12.6 Å². The molecule has 0 saturated heterocycles. The smallest absolute Gasteiger partial charge is 0.315 e. The predicted octanol–water partition coefficient (Wildman–Crippen LogP) is 0.967. The van der Waals surface area contributed by atoms with E-state index in [0.717, 1.165) is 32.4 Å². The van der Waals surface area contributed by atoms with Crippen LogP contribution >= 0.6 is 0 Å². The zero-order valence-corrected chi connectivity index (χ0v) is 9.22. The van der Waals surface area contributed by atoms with Crippen LogP contribution in [0.5, 0.6) is 0 Å². The Morgan fingerprint density at radius 3 is 2.60 bits per heavy atom. The third-order valence-electron chi connectivity index (χ3n) is 3.70. The first-order valence-electron chi connectivity index (χ1n) is 5.99. The van der Waals surface area contributed by atoms with Crippen LogP contribution in [-0.2, 0) is 0 Å². The zero-order chi connectivity index (χ0) is 10.7. The minimum absolute atomic E-state index is 0.00277. The number of nitrogens with one attached hydrogen (secondary N) is 2. The van der Waals surface area contributed by atoms with Crippen LogP contribution in [0, 0.1) is 5.41 Å². The van der Waals surface area contributed by atoms with E-state index in [1.807, 2.05) is 0 Å². The summed E-state index contributed by atoms with van der Waals surface area (Å²) < 4.78 is 0. The van der Waals surface area contributed by atoms with Crippen molar-refractivity contribution in [3.05, 3.63) is 0 Å². The molecule has 15 heavy (non-hydrogen) atoms. The molecule has 0 aliphatic heterocycles. The predicted molar refractivity (Wildman–Crippen MR) is 59.5 cm³/mol. The van der Waals surface area contributed by atoms with Gasteiger partial charge in [0.25, 0.3) is 0 Å². The second kappa shape index (κ2) is 4.39. The normalized spacial score (nSPS) is 23.0. The van der Waals surface area contributed by atoms with Crippen LogP contribution in [0.25, 0.3) is 0 Å². The van der Waals surface area contributed by atoms with Gasteiger partial charge < -0.3 is 16.4 Å². The molecular weight excluding hydrogens is 190 g/mol. The molecule has 2 rings (SSSR count). The van der Waals surface area contributed by atoms with Gasteiger partial charge in [-0.2, -0.15) is 0 Å². The van der Waals surface area contributed by atoms with Crippen molar-refractivity contribution in [3.8, 4) is 0 Å². The van der Waals surface area contributed by atoms with Gasteiger partial charge in [-0.1, -0.05) is 0 Å². The molecule has 2 saturated carbocycles. The lowest BCUT2D eigenvalue weighted by molar-refractivity contribution is 0.225. The Labute approximate surface area is 91.0 Å². The van der Waals surface area contributed by atoms with E-state index in [4.69, 9.17) is 5.73 Å². The summed E-state index contributed by atoms with van der Waals surface area (Å²) >= 11 is 0. The number of amides is 2. The lowest BCUT2D eigenvalue weighted by Crippen LogP contribution is -2.46. The molecule has 0 aromatic heterocycles. The average molecular weight is 211 g/mol. The molecule has 0 unspecified atom stereocenters. The van der Waals surface area contributed by atoms with Crippen molar-refractivity contribution in [3.63, 3.8) is 0 Å². The molecule has 0 radical (unpaired) electrons. The van der Waals surface area contributed by atoms with Crippen LogP contribution in [0.2, 0.25) is 0 Å². The molecule has 0 spiro atoms. The van der Waals surface area contributed by atoms with Gasteiger partial charge in [-0.3, -0.25) is 0 Å². The molecule has 0 aromatic rings. The van der Waals surface area contributed by atoms with E-state index in [1.54, 1.807) is 0 Å². The summed E-state index contributed by atoms with van der Waals surface area (Å²) in [6.45, 7) is 1.52. The summed E-state index contributed by atoms with van der Waals surface area (Å²) in [7, 11) is 0. The Hall–Kier alpha value is -0.770. The second-order valence-corrected chi connectivity index (χ2v) is 4.99. The molecule has 0 bridgehead atoms. The van der Waals surface area contributed by atoms with Gasteiger partial charge in [0.05, 0.1) is 0 Å². The van der Waals surface area contributed by atoms with Gasteiger partial charge in [0.1, 0.15) is 0 Å². The largest absolute Gasteiger partial charge is 0.338 e. The fourth-order valence-electron chi connectivity index (χ4n) is 2.05. The van der Waals surface area contributed by atoms with E-state index < -0.39 is 0 Å². The number of nitrogens with two attached hydrogens (primary N) is 1. The lowest BCUT2D eigenvalue weighted by atomic mass is 9.93. The van der Waals surface area contributed by atoms with E-state index in [9.17, 15) is 4.79 Å². The molecule has 86 valence electrons. The molecule has 4 heteroatoms. The minimum Gasteiger partial charge on any atom is -0.338 e. The zero-order valence-electron chi connectivity index (χ0n) is 9.22. The number of rotatable bonds is 5. The van der Waals surface area contributed by atoms with Gasteiger partial charge in [-0.15, -0.1) is 0 Å². The summed E-state index contributed by atoms with van der Waals surface area (Å²) in [6.07, 6.45) is 7.00. The lowest BCUT2D eigenvalue weighted by Gasteiger charge is -2.27. The van der Waals surface area contributed by atoms with Crippen LogP contribution in [0.1, 0.15) is 38.5 Å². The molecule has 2 aliphatic rings. The SMILES string of the molecule is NCCC1(CNC(=O)NC2CCC2)CC1. The molecule has 0 aromatic carbocycles. The van der Waals surface area contributed by atoms with Crippen LogP contribution in [0.15, 0.2) is 0 Å². The van der Waals surface area contributed by atoms with Crippen LogP contribution in [0.4, 0.5) is 4.79 Å². The standard InChI is InChI=1S/C11H21N3O/c12-7-6-11(4-5-11)8-13-10(15)14-9-2-1-3-9/h9H,1-8,12H2,(H2,13,14,15). The van der Waals surface area contributed by atoms with Crippen LogP contribution in [-0.4, -0.2) is 25.2 Å². The first kappa shape index (κ1) is 10.7. The Kier molecular flexibility index (Phi) is 3.14. The van der Waals surface area contributed by atoms with E-state index >= 15 is 0 Å². The molecule has 0 heterocycles. The molecule has 2 amide bonds. The van der Waals surface area contributed by atoms with Crippen molar-refractivity contribution in [2.75, 3.05) is 13.1 Å². The van der Waals surface area contributed by atoms with Crippen molar-refractivity contribution in [2.45, 2.75) is 44.6 Å². The van der Waals surface area contributed by atoms with Crippen LogP contribution < -0.4 is 16.4 Å². The summed E-state index contributed by atoms with van der Waals surface area (Å²) in [4.78, 5) is 11.5. The Morgan fingerprint density at radius 2 is 2.13 bits per heavy atom. The third kappa shape index (κ3) is 2.84. The highest BCUT2D eigenvalue weighted by Gasteiger charge is 2.41. The van der Waals surface area contributed by atoms with Gasteiger partial charge in [0.15, 0.2) is 0 Å². The third-order valence-corrected chi connectivity index (χ3v) is 3.70. The Balaban J connectivity index is 1.62. The maximum atomic E-state index is 11.5. The van der Waals surface area contributed by atoms with Gasteiger partial charge in [-0.25, -0.2) is 4.79 Å². The molecule has 2 fully saturated rings. The van der Waals surface area contributed by atoms with Gasteiger partial charge in [-0.05, 0) is 50.5 Å². The number of carbonyl (C=O) groups is 1. The van der Waals surface area contributed by atoms with Crippen molar-refractivity contribution in [2.24, 2.45) is 11.1 Å². The van der Waals surface area contributed by atoms with E-state index in [-0.39, 0.29) is 6.03 Å². The van der Waals surface area contributed by atoms with Crippen molar-refractivity contribution < 1.29 is 4.79 Å². The molecule has 4 N–H and O–H groups in total.